The molecule has 1 aliphatic rings. The second-order valence-corrected chi connectivity index (χ2v) is 9.37. The van der Waals surface area contributed by atoms with Crippen LogP contribution in [0.15, 0.2) is 48.5 Å². The highest BCUT2D eigenvalue weighted by Crippen LogP contribution is 2.33. The van der Waals surface area contributed by atoms with Crippen LogP contribution in [0.5, 0.6) is 0 Å². The van der Waals surface area contributed by atoms with Crippen molar-refractivity contribution in [1.29, 1.82) is 0 Å². The Kier molecular flexibility index (Phi) is 10.4. The van der Waals surface area contributed by atoms with Crippen LogP contribution >= 0.6 is 0 Å². The largest absolute Gasteiger partial charge is 0.394 e. The topological polar surface area (TPSA) is 192 Å². The average molecular weight is 521 g/mol. The fourth-order valence-electron chi connectivity index (χ4n) is 4.19. The molecule has 5 atom stereocenters. The molecule has 204 valence electrons. The summed E-state index contributed by atoms with van der Waals surface area (Å²) in [6, 6.07) is 14.6. The van der Waals surface area contributed by atoms with E-state index in [1.54, 1.807) is 6.07 Å². The van der Waals surface area contributed by atoms with E-state index >= 15 is 0 Å². The summed E-state index contributed by atoms with van der Waals surface area (Å²) in [7, 11) is 0. The van der Waals surface area contributed by atoms with Crippen LogP contribution in [0, 0.1) is 0 Å². The van der Waals surface area contributed by atoms with Crippen LogP contribution in [0.1, 0.15) is 28.4 Å². The van der Waals surface area contributed by atoms with Gasteiger partial charge in [0.15, 0.2) is 0 Å². The number of hydrogen-bond donors (Lipinski definition) is 9. The Morgan fingerprint density at radius 1 is 0.838 bits per heavy atom. The molecule has 2 aromatic carbocycles. The molecule has 11 heteroatoms. The molecular weight excluding hydrogens is 484 g/mol. The van der Waals surface area contributed by atoms with Crippen LogP contribution in [-0.4, -0.2) is 105 Å². The van der Waals surface area contributed by atoms with Gasteiger partial charge in [-0.15, -0.1) is 0 Å². The SMILES string of the molecule is O=C(NCCc1ccc(Cc2cccc([C@@H]3O[C@H](CO)[C@@H](O)[C@H](O)[C@H]3O)c2)cc1)NC(CO)(CO)CO. The van der Waals surface area contributed by atoms with Gasteiger partial charge in [-0.05, 0) is 35.1 Å². The maximum atomic E-state index is 12.0. The van der Waals surface area contributed by atoms with E-state index in [0.29, 0.717) is 24.9 Å². The van der Waals surface area contributed by atoms with Gasteiger partial charge < -0.3 is 51.1 Å². The number of aliphatic hydroxyl groups excluding tert-OH is 7. The fourth-order valence-corrected chi connectivity index (χ4v) is 4.19. The zero-order chi connectivity index (χ0) is 27.0. The number of ether oxygens (including phenoxy) is 1. The molecule has 1 heterocycles. The maximum Gasteiger partial charge on any atom is 0.315 e. The molecule has 1 aliphatic heterocycles. The Hall–Kier alpha value is -2.61. The van der Waals surface area contributed by atoms with Crippen LogP contribution < -0.4 is 10.6 Å². The minimum absolute atomic E-state index is 0.310. The van der Waals surface area contributed by atoms with Gasteiger partial charge in [0.25, 0.3) is 0 Å². The van der Waals surface area contributed by atoms with E-state index in [-0.39, 0.29) is 0 Å². The fraction of sp³-hybridized carbons (Fsp3) is 0.500. The van der Waals surface area contributed by atoms with Gasteiger partial charge in [0.2, 0.25) is 0 Å². The monoisotopic (exact) mass is 520 g/mol. The van der Waals surface area contributed by atoms with Gasteiger partial charge in [0.05, 0.1) is 26.4 Å². The predicted octanol–water partition coefficient (Wildman–Crippen LogP) is -1.65. The number of nitrogens with one attached hydrogen (secondary N) is 2. The highest BCUT2D eigenvalue weighted by molar-refractivity contribution is 5.74. The van der Waals surface area contributed by atoms with Gasteiger partial charge >= 0.3 is 6.03 Å². The van der Waals surface area contributed by atoms with E-state index in [4.69, 9.17) is 4.74 Å². The molecule has 1 fully saturated rings. The van der Waals surface area contributed by atoms with Crippen molar-refractivity contribution in [3.8, 4) is 0 Å². The van der Waals surface area contributed by atoms with Crippen LogP contribution in [0.3, 0.4) is 0 Å². The molecule has 37 heavy (non-hydrogen) atoms. The normalized spacial score (nSPS) is 24.0. The van der Waals surface area contributed by atoms with E-state index in [1.165, 1.54) is 0 Å². The van der Waals surface area contributed by atoms with Crippen molar-refractivity contribution in [1.82, 2.24) is 10.6 Å². The Morgan fingerprint density at radius 2 is 1.49 bits per heavy atom. The summed E-state index contributed by atoms with van der Waals surface area (Å²) >= 11 is 0. The summed E-state index contributed by atoms with van der Waals surface area (Å²) in [5.74, 6) is 0. The van der Waals surface area contributed by atoms with Gasteiger partial charge in [-0.25, -0.2) is 4.79 Å². The quantitative estimate of drug-likeness (QED) is 0.167. The van der Waals surface area contributed by atoms with E-state index in [1.807, 2.05) is 42.5 Å². The van der Waals surface area contributed by atoms with Gasteiger partial charge in [-0.1, -0.05) is 48.5 Å². The first-order valence-electron chi connectivity index (χ1n) is 12.1. The molecule has 0 radical (unpaired) electrons. The third kappa shape index (κ3) is 7.24. The Labute approximate surface area is 215 Å². The van der Waals surface area contributed by atoms with Crippen LogP contribution in [0.2, 0.25) is 0 Å². The first-order chi connectivity index (χ1) is 17.8. The zero-order valence-electron chi connectivity index (χ0n) is 20.4. The van der Waals surface area contributed by atoms with Crippen molar-refractivity contribution in [3.63, 3.8) is 0 Å². The molecule has 11 nitrogen and oxygen atoms in total. The number of carbonyl (C=O) groups is 1. The molecule has 0 aromatic heterocycles. The highest BCUT2D eigenvalue weighted by Gasteiger charge is 2.43. The molecule has 0 bridgehead atoms. The minimum Gasteiger partial charge on any atom is -0.394 e. The zero-order valence-corrected chi connectivity index (χ0v) is 20.4. The summed E-state index contributed by atoms with van der Waals surface area (Å²) in [6.45, 7) is -1.96. The Morgan fingerprint density at radius 3 is 2.11 bits per heavy atom. The van der Waals surface area contributed by atoms with Gasteiger partial charge in [0.1, 0.15) is 36.1 Å². The van der Waals surface area contributed by atoms with E-state index in [0.717, 1.165) is 16.7 Å². The van der Waals surface area contributed by atoms with Crippen LogP contribution in [-0.2, 0) is 17.6 Å². The lowest BCUT2D eigenvalue weighted by molar-refractivity contribution is -0.231. The summed E-state index contributed by atoms with van der Waals surface area (Å²) in [5, 5.41) is 72.8. The number of hydrogen-bond acceptors (Lipinski definition) is 9. The van der Waals surface area contributed by atoms with Gasteiger partial charge in [-0.2, -0.15) is 0 Å². The summed E-state index contributed by atoms with van der Waals surface area (Å²) < 4.78 is 5.66. The molecule has 0 unspecified atom stereocenters. The molecule has 0 spiro atoms. The minimum atomic E-state index is -1.48. The molecule has 3 rings (SSSR count). The first-order valence-corrected chi connectivity index (χ1v) is 12.1. The smallest absolute Gasteiger partial charge is 0.315 e. The maximum absolute atomic E-state index is 12.0. The summed E-state index contributed by atoms with van der Waals surface area (Å²) in [6.07, 6.45) is -4.90. The van der Waals surface area contributed by atoms with Crippen molar-refractivity contribution in [2.75, 3.05) is 33.0 Å². The predicted molar refractivity (Wildman–Crippen MR) is 133 cm³/mol. The van der Waals surface area contributed by atoms with E-state index in [2.05, 4.69) is 10.6 Å². The average Bonchev–Trinajstić information content (AvgIpc) is 2.92. The van der Waals surface area contributed by atoms with E-state index < -0.39 is 68.5 Å². The molecular formula is C26H36N2O9. The lowest BCUT2D eigenvalue weighted by Gasteiger charge is -2.40. The first kappa shape index (κ1) is 29.0. The van der Waals surface area contributed by atoms with Crippen molar-refractivity contribution < 1.29 is 45.3 Å². The molecule has 1 saturated heterocycles. The highest BCUT2D eigenvalue weighted by atomic mass is 16.5. The molecule has 2 aromatic rings. The van der Waals surface area contributed by atoms with E-state index in [9.17, 15) is 40.5 Å². The molecule has 9 N–H and O–H groups in total. The van der Waals surface area contributed by atoms with Crippen molar-refractivity contribution in [2.45, 2.75) is 48.9 Å². The van der Waals surface area contributed by atoms with Crippen LogP contribution in [0.25, 0.3) is 0 Å². The molecule has 2 amide bonds. The Bertz CT molecular complexity index is 990. The van der Waals surface area contributed by atoms with Crippen molar-refractivity contribution in [2.24, 2.45) is 0 Å². The third-order valence-electron chi connectivity index (χ3n) is 6.59. The van der Waals surface area contributed by atoms with Crippen molar-refractivity contribution in [3.05, 3.63) is 70.8 Å². The standard InChI is InChI=1S/C26H36N2O9/c29-12-20-21(33)22(34)23(35)24(37-20)19-3-1-2-18(11-19)10-17-6-4-16(5-7-17)8-9-27-25(36)28-26(13-30,14-31)15-32/h1-7,11,20-24,29-35H,8-10,12-15H2,(H2,27,28,36)/t20-,21-,22+,23-,24+/m1/s1. The number of rotatable bonds is 11. The number of amides is 2. The van der Waals surface area contributed by atoms with Gasteiger partial charge in [0, 0.05) is 6.54 Å². The number of benzene rings is 2. The second-order valence-electron chi connectivity index (χ2n) is 9.37. The second kappa shape index (κ2) is 13.3. The number of aliphatic hydroxyl groups is 7. The molecule has 0 saturated carbocycles. The van der Waals surface area contributed by atoms with Crippen LogP contribution in [0.4, 0.5) is 4.79 Å². The lowest BCUT2D eigenvalue weighted by Crippen LogP contribution is -2.59. The Balaban J connectivity index is 1.55. The number of urea groups is 1. The molecule has 0 aliphatic carbocycles. The summed E-state index contributed by atoms with van der Waals surface area (Å²) in [5.41, 5.74) is 2.10. The van der Waals surface area contributed by atoms with Gasteiger partial charge in [-0.3, -0.25) is 0 Å². The van der Waals surface area contributed by atoms with Crippen molar-refractivity contribution >= 4 is 6.03 Å². The summed E-state index contributed by atoms with van der Waals surface area (Å²) in [4.78, 5) is 12.0. The third-order valence-corrected chi connectivity index (χ3v) is 6.59. The lowest BCUT2D eigenvalue weighted by atomic mass is 9.90. The number of carbonyl (C=O) groups excluding carboxylic acids is 1.